The molecule has 1 saturated heterocycles. The maximum absolute atomic E-state index is 12.0. The zero-order valence-electron chi connectivity index (χ0n) is 9.87. The molecule has 0 spiro atoms. The molecule has 1 unspecified atom stereocenters. The van der Waals surface area contributed by atoms with Gasteiger partial charge in [0.2, 0.25) is 5.91 Å². The number of benzene rings is 1. The van der Waals surface area contributed by atoms with E-state index in [1.54, 1.807) is 12.1 Å². The number of carbonyl (C=O) groups is 1. The van der Waals surface area contributed by atoms with Crippen LogP contribution in [0.5, 0.6) is 0 Å². The van der Waals surface area contributed by atoms with Crippen molar-refractivity contribution in [1.29, 1.82) is 5.26 Å². The van der Waals surface area contributed by atoms with Crippen LogP contribution < -0.4 is 10.6 Å². The number of rotatable bonds is 2. The summed E-state index contributed by atoms with van der Waals surface area (Å²) in [6.07, 6.45) is 3.03. The molecule has 2 rings (SSSR count). The van der Waals surface area contributed by atoms with E-state index in [9.17, 15) is 4.79 Å². The predicted octanol–water partition coefficient (Wildman–Crippen LogP) is 2.40. The monoisotopic (exact) mass is 307 g/mol. The zero-order valence-corrected chi connectivity index (χ0v) is 11.5. The third-order valence-corrected chi connectivity index (χ3v) is 3.48. The van der Waals surface area contributed by atoms with E-state index in [-0.39, 0.29) is 11.9 Å². The highest BCUT2D eigenvalue weighted by Gasteiger charge is 2.21. The van der Waals surface area contributed by atoms with Gasteiger partial charge in [-0.15, -0.1) is 0 Å². The van der Waals surface area contributed by atoms with E-state index in [1.807, 2.05) is 6.07 Å². The zero-order chi connectivity index (χ0) is 13.0. The molecule has 0 aromatic heterocycles. The summed E-state index contributed by atoms with van der Waals surface area (Å²) in [7, 11) is 0. The van der Waals surface area contributed by atoms with Gasteiger partial charge in [0.15, 0.2) is 0 Å². The van der Waals surface area contributed by atoms with E-state index in [0.29, 0.717) is 11.3 Å². The summed E-state index contributed by atoms with van der Waals surface area (Å²) in [6, 6.07) is 7.18. The minimum atomic E-state index is -0.145. The van der Waals surface area contributed by atoms with Crippen LogP contribution in [0.2, 0.25) is 0 Å². The molecule has 5 heteroatoms. The van der Waals surface area contributed by atoms with Crippen molar-refractivity contribution >= 4 is 27.5 Å². The standard InChI is InChI=1S/C13H14BrN3O/c14-10-4-5-11(9(7-10)8-15)17-13(18)12-3-1-2-6-16-12/h4-5,7,12,16H,1-3,6H2,(H,17,18). The fraction of sp³-hybridized carbons (Fsp3) is 0.385. The molecule has 2 N–H and O–H groups in total. The van der Waals surface area contributed by atoms with Crippen molar-refractivity contribution in [2.24, 2.45) is 0 Å². The van der Waals surface area contributed by atoms with Crippen molar-refractivity contribution < 1.29 is 4.79 Å². The Kier molecular flexibility index (Phi) is 4.34. The molecule has 4 nitrogen and oxygen atoms in total. The molecule has 0 aliphatic carbocycles. The van der Waals surface area contributed by atoms with Crippen LogP contribution in [-0.4, -0.2) is 18.5 Å². The Hall–Kier alpha value is -1.38. The lowest BCUT2D eigenvalue weighted by molar-refractivity contribution is -0.118. The lowest BCUT2D eigenvalue weighted by Gasteiger charge is -2.22. The number of halogens is 1. The van der Waals surface area contributed by atoms with Crippen LogP contribution in [0.3, 0.4) is 0 Å². The SMILES string of the molecule is N#Cc1cc(Br)ccc1NC(=O)C1CCCCN1. The lowest BCUT2D eigenvalue weighted by atomic mass is 10.0. The van der Waals surface area contributed by atoms with Crippen molar-refractivity contribution in [3.63, 3.8) is 0 Å². The van der Waals surface area contributed by atoms with Crippen molar-refractivity contribution in [1.82, 2.24) is 5.32 Å². The van der Waals surface area contributed by atoms with E-state index in [0.717, 1.165) is 30.3 Å². The first kappa shape index (κ1) is 13.1. The summed E-state index contributed by atoms with van der Waals surface area (Å²) < 4.78 is 0.827. The fourth-order valence-electron chi connectivity index (χ4n) is 2.01. The van der Waals surface area contributed by atoms with Gasteiger partial charge in [0, 0.05) is 4.47 Å². The number of nitriles is 1. The molecule has 0 bridgehead atoms. The van der Waals surface area contributed by atoms with Gasteiger partial charge in [0.1, 0.15) is 6.07 Å². The highest BCUT2D eigenvalue weighted by molar-refractivity contribution is 9.10. The molecule has 18 heavy (non-hydrogen) atoms. The second-order valence-corrected chi connectivity index (χ2v) is 5.21. The molecule has 1 aliphatic heterocycles. The number of anilines is 1. The molecule has 1 amide bonds. The number of hydrogen-bond acceptors (Lipinski definition) is 3. The van der Waals surface area contributed by atoms with Crippen molar-refractivity contribution in [3.05, 3.63) is 28.2 Å². The Morgan fingerprint density at radius 2 is 2.33 bits per heavy atom. The summed E-state index contributed by atoms with van der Waals surface area (Å²) in [6.45, 7) is 0.879. The van der Waals surface area contributed by atoms with Gasteiger partial charge in [-0.05, 0) is 37.6 Å². The quantitative estimate of drug-likeness (QED) is 0.882. The van der Waals surface area contributed by atoms with Gasteiger partial charge in [-0.3, -0.25) is 4.79 Å². The highest BCUT2D eigenvalue weighted by atomic mass is 79.9. The normalized spacial score (nSPS) is 19.0. The van der Waals surface area contributed by atoms with E-state index in [2.05, 4.69) is 32.6 Å². The molecule has 1 heterocycles. The Labute approximate surface area is 115 Å². The molecule has 1 aromatic carbocycles. The van der Waals surface area contributed by atoms with E-state index in [1.165, 1.54) is 0 Å². The topological polar surface area (TPSA) is 64.9 Å². The van der Waals surface area contributed by atoms with Gasteiger partial charge in [0.05, 0.1) is 17.3 Å². The third-order valence-electron chi connectivity index (χ3n) is 2.99. The Balaban J connectivity index is 2.09. The van der Waals surface area contributed by atoms with Crippen molar-refractivity contribution in [3.8, 4) is 6.07 Å². The maximum atomic E-state index is 12.0. The first-order valence-electron chi connectivity index (χ1n) is 5.94. The molecule has 0 radical (unpaired) electrons. The average molecular weight is 308 g/mol. The van der Waals surface area contributed by atoms with Crippen molar-refractivity contribution in [2.45, 2.75) is 25.3 Å². The van der Waals surface area contributed by atoms with Crippen molar-refractivity contribution in [2.75, 3.05) is 11.9 Å². The van der Waals surface area contributed by atoms with Crippen LogP contribution >= 0.6 is 15.9 Å². The van der Waals surface area contributed by atoms with Gasteiger partial charge in [-0.25, -0.2) is 0 Å². The number of nitrogens with one attached hydrogen (secondary N) is 2. The number of hydrogen-bond donors (Lipinski definition) is 2. The molecule has 94 valence electrons. The van der Waals surface area contributed by atoms with E-state index in [4.69, 9.17) is 5.26 Å². The summed E-state index contributed by atoms with van der Waals surface area (Å²) in [5, 5.41) is 15.0. The number of piperidine rings is 1. The van der Waals surface area contributed by atoms with Crippen LogP contribution in [0.15, 0.2) is 22.7 Å². The molecule has 1 aliphatic rings. The molecule has 1 fully saturated rings. The minimum absolute atomic E-state index is 0.0616. The second kappa shape index (κ2) is 5.98. The predicted molar refractivity (Wildman–Crippen MR) is 73.1 cm³/mol. The average Bonchev–Trinajstić information content (AvgIpc) is 2.41. The van der Waals surface area contributed by atoms with Crippen LogP contribution in [0.4, 0.5) is 5.69 Å². The lowest BCUT2D eigenvalue weighted by Crippen LogP contribution is -2.43. The Morgan fingerprint density at radius 1 is 1.50 bits per heavy atom. The summed E-state index contributed by atoms with van der Waals surface area (Å²) in [5.41, 5.74) is 1.03. The van der Waals surface area contributed by atoms with E-state index >= 15 is 0 Å². The molecule has 1 aromatic rings. The van der Waals surface area contributed by atoms with Crippen LogP contribution in [0, 0.1) is 11.3 Å². The van der Waals surface area contributed by atoms with Crippen LogP contribution in [0.25, 0.3) is 0 Å². The van der Waals surface area contributed by atoms with Gasteiger partial charge >= 0.3 is 0 Å². The summed E-state index contributed by atoms with van der Waals surface area (Å²) in [4.78, 5) is 12.0. The number of amides is 1. The van der Waals surface area contributed by atoms with Crippen LogP contribution in [0.1, 0.15) is 24.8 Å². The van der Waals surface area contributed by atoms with E-state index < -0.39 is 0 Å². The molecular weight excluding hydrogens is 294 g/mol. The third kappa shape index (κ3) is 3.09. The molecule has 0 saturated carbocycles. The van der Waals surface area contributed by atoms with Gasteiger partial charge < -0.3 is 10.6 Å². The summed E-state index contributed by atoms with van der Waals surface area (Å²) >= 11 is 3.30. The Morgan fingerprint density at radius 3 is 3.00 bits per heavy atom. The number of nitrogens with zero attached hydrogens (tertiary/aromatic N) is 1. The smallest absolute Gasteiger partial charge is 0.241 e. The molecule has 1 atom stereocenters. The number of carbonyl (C=O) groups excluding carboxylic acids is 1. The van der Waals surface area contributed by atoms with Gasteiger partial charge in [-0.1, -0.05) is 22.4 Å². The molecular formula is C13H14BrN3O. The van der Waals surface area contributed by atoms with Gasteiger partial charge in [-0.2, -0.15) is 5.26 Å². The van der Waals surface area contributed by atoms with Gasteiger partial charge in [0.25, 0.3) is 0 Å². The summed E-state index contributed by atoms with van der Waals surface area (Å²) in [5.74, 6) is -0.0616. The largest absolute Gasteiger partial charge is 0.324 e. The highest BCUT2D eigenvalue weighted by Crippen LogP contribution is 2.21. The fourth-order valence-corrected chi connectivity index (χ4v) is 2.37. The first-order chi connectivity index (χ1) is 8.70. The Bertz CT molecular complexity index is 489. The second-order valence-electron chi connectivity index (χ2n) is 4.29. The first-order valence-corrected chi connectivity index (χ1v) is 6.74. The van der Waals surface area contributed by atoms with Crippen LogP contribution in [-0.2, 0) is 4.79 Å². The minimum Gasteiger partial charge on any atom is -0.324 e. The maximum Gasteiger partial charge on any atom is 0.241 e.